The Morgan fingerprint density at radius 3 is 2.80 bits per heavy atom. The average Bonchev–Trinajstić information content (AvgIpc) is 3.21. The Hall–Kier alpha value is -2.90. The lowest BCUT2D eigenvalue weighted by Crippen LogP contribution is -2.46. The number of nitrogens with two attached hydrogens (primary N) is 1. The van der Waals surface area contributed by atoms with Crippen LogP contribution in [-0.2, 0) is 6.54 Å². The number of benzene rings is 2. The van der Waals surface area contributed by atoms with Crippen LogP contribution in [0.15, 0.2) is 36.5 Å². The van der Waals surface area contributed by atoms with Gasteiger partial charge in [-0.2, -0.15) is 0 Å². The van der Waals surface area contributed by atoms with Crippen molar-refractivity contribution in [2.45, 2.75) is 19.5 Å². The highest BCUT2D eigenvalue weighted by atomic mass is 19.1. The van der Waals surface area contributed by atoms with Crippen LogP contribution >= 0.6 is 0 Å². The molecule has 0 bridgehead atoms. The van der Waals surface area contributed by atoms with Crippen LogP contribution in [-0.4, -0.2) is 54.5 Å². The summed E-state index contributed by atoms with van der Waals surface area (Å²) in [7, 11) is 3.76. The first-order chi connectivity index (χ1) is 14.4. The van der Waals surface area contributed by atoms with E-state index >= 15 is 0 Å². The van der Waals surface area contributed by atoms with E-state index in [0.717, 1.165) is 53.0 Å². The van der Waals surface area contributed by atoms with Crippen molar-refractivity contribution in [1.29, 1.82) is 0 Å². The second kappa shape index (κ2) is 8.08. The van der Waals surface area contributed by atoms with E-state index in [-0.39, 0.29) is 11.6 Å². The van der Waals surface area contributed by atoms with Crippen LogP contribution in [0, 0.1) is 12.7 Å². The van der Waals surface area contributed by atoms with E-state index in [1.807, 2.05) is 6.20 Å². The fourth-order valence-corrected chi connectivity index (χ4v) is 4.39. The molecule has 0 radical (unpaired) electrons. The third-order valence-corrected chi connectivity index (χ3v) is 6.03. The van der Waals surface area contributed by atoms with Gasteiger partial charge in [-0.3, -0.25) is 9.69 Å². The fraction of sp³-hybridized carbons (Fsp3) is 0.348. The summed E-state index contributed by atoms with van der Waals surface area (Å²) in [5.74, 6) is -0.474. The molecule has 1 aromatic heterocycles. The van der Waals surface area contributed by atoms with E-state index < -0.39 is 11.7 Å². The molecule has 158 valence electrons. The van der Waals surface area contributed by atoms with Crippen LogP contribution in [0.25, 0.3) is 10.9 Å². The van der Waals surface area contributed by atoms with Gasteiger partial charge in [0.05, 0.1) is 12.7 Å². The van der Waals surface area contributed by atoms with Crippen LogP contribution in [0.1, 0.15) is 33.1 Å². The first-order valence-corrected chi connectivity index (χ1v) is 10.0. The number of halogens is 1. The summed E-state index contributed by atoms with van der Waals surface area (Å²) in [4.78, 5) is 19.3. The van der Waals surface area contributed by atoms with Gasteiger partial charge in [0.2, 0.25) is 0 Å². The molecule has 30 heavy (non-hydrogen) atoms. The minimum Gasteiger partial charge on any atom is -0.496 e. The summed E-state index contributed by atoms with van der Waals surface area (Å²) in [6, 6.07) is 8.84. The zero-order valence-electron chi connectivity index (χ0n) is 17.5. The Kier molecular flexibility index (Phi) is 5.49. The van der Waals surface area contributed by atoms with Crippen LogP contribution in [0.5, 0.6) is 5.75 Å². The van der Waals surface area contributed by atoms with Gasteiger partial charge in [-0.05, 0) is 49.4 Å². The van der Waals surface area contributed by atoms with Gasteiger partial charge < -0.3 is 20.4 Å². The SMILES string of the molecule is COc1cc(C)c2[nH]ccc2c1CN1CCN(C)CC1c1ccc(C(N)=O)c(F)c1. The molecule has 1 atom stereocenters. The van der Waals surface area contributed by atoms with Gasteiger partial charge in [-0.25, -0.2) is 4.39 Å². The summed E-state index contributed by atoms with van der Waals surface area (Å²) in [6.45, 7) is 5.26. The smallest absolute Gasteiger partial charge is 0.251 e. The normalized spacial score (nSPS) is 18.1. The molecule has 0 aliphatic carbocycles. The number of aromatic nitrogens is 1. The Labute approximate surface area is 175 Å². The number of aromatic amines is 1. The van der Waals surface area contributed by atoms with Crippen molar-refractivity contribution in [3.63, 3.8) is 0 Å². The number of hydrogen-bond acceptors (Lipinski definition) is 4. The van der Waals surface area contributed by atoms with Gasteiger partial charge in [0.15, 0.2) is 0 Å². The van der Waals surface area contributed by atoms with Gasteiger partial charge in [0, 0.05) is 54.9 Å². The van der Waals surface area contributed by atoms with Crippen molar-refractivity contribution in [1.82, 2.24) is 14.8 Å². The molecule has 0 saturated carbocycles. The fourth-order valence-electron chi connectivity index (χ4n) is 4.39. The number of primary amides is 1. The maximum atomic E-state index is 14.5. The molecule has 3 aromatic rings. The number of carbonyl (C=O) groups is 1. The first kappa shape index (κ1) is 20.4. The van der Waals surface area contributed by atoms with Gasteiger partial charge in [0.1, 0.15) is 11.6 Å². The number of methoxy groups -OCH3 is 1. The van der Waals surface area contributed by atoms with Crippen LogP contribution in [0.2, 0.25) is 0 Å². The number of likely N-dealkylation sites (N-methyl/N-ethyl adjacent to an activating group) is 1. The zero-order chi connectivity index (χ0) is 21.4. The highest BCUT2D eigenvalue weighted by Crippen LogP contribution is 2.35. The number of aryl methyl sites for hydroxylation is 1. The Bertz CT molecular complexity index is 1090. The molecule has 4 rings (SSSR count). The van der Waals surface area contributed by atoms with Crippen molar-refractivity contribution in [2.24, 2.45) is 5.73 Å². The number of nitrogens with one attached hydrogen (secondary N) is 1. The lowest BCUT2D eigenvalue weighted by atomic mass is 9.98. The molecule has 1 amide bonds. The second-order valence-corrected chi connectivity index (χ2v) is 7.99. The zero-order valence-corrected chi connectivity index (χ0v) is 17.5. The number of rotatable bonds is 5. The Morgan fingerprint density at radius 2 is 2.10 bits per heavy atom. The first-order valence-electron chi connectivity index (χ1n) is 10.0. The van der Waals surface area contributed by atoms with Gasteiger partial charge >= 0.3 is 0 Å². The summed E-state index contributed by atoms with van der Waals surface area (Å²) in [5, 5.41) is 1.14. The molecule has 2 aromatic carbocycles. The Balaban J connectivity index is 1.72. The number of nitrogens with zero attached hydrogens (tertiary/aromatic N) is 2. The second-order valence-electron chi connectivity index (χ2n) is 7.99. The van der Waals surface area contributed by atoms with E-state index in [2.05, 4.69) is 40.9 Å². The number of piperazine rings is 1. The van der Waals surface area contributed by atoms with E-state index in [0.29, 0.717) is 6.54 Å². The lowest BCUT2D eigenvalue weighted by Gasteiger charge is -2.40. The molecule has 2 heterocycles. The van der Waals surface area contributed by atoms with Crippen molar-refractivity contribution < 1.29 is 13.9 Å². The molecule has 6 nitrogen and oxygen atoms in total. The van der Waals surface area contributed by atoms with Gasteiger partial charge in [0.25, 0.3) is 5.91 Å². The molecule has 1 unspecified atom stereocenters. The quantitative estimate of drug-likeness (QED) is 0.677. The monoisotopic (exact) mass is 410 g/mol. The molecular weight excluding hydrogens is 383 g/mol. The predicted molar refractivity (Wildman–Crippen MR) is 115 cm³/mol. The summed E-state index contributed by atoms with van der Waals surface area (Å²) >= 11 is 0. The predicted octanol–water partition coefficient (Wildman–Crippen LogP) is 3.21. The number of amides is 1. The molecule has 1 aliphatic heterocycles. The summed E-state index contributed by atoms with van der Waals surface area (Å²) < 4.78 is 20.2. The number of hydrogen-bond donors (Lipinski definition) is 2. The maximum absolute atomic E-state index is 14.5. The third-order valence-electron chi connectivity index (χ3n) is 6.03. The van der Waals surface area contributed by atoms with Crippen LogP contribution < -0.4 is 10.5 Å². The summed E-state index contributed by atoms with van der Waals surface area (Å²) in [6.07, 6.45) is 1.94. The third kappa shape index (κ3) is 3.66. The van der Waals surface area contributed by atoms with Crippen molar-refractivity contribution in [2.75, 3.05) is 33.8 Å². The largest absolute Gasteiger partial charge is 0.496 e. The van der Waals surface area contributed by atoms with Crippen LogP contribution in [0.4, 0.5) is 4.39 Å². The van der Waals surface area contributed by atoms with Crippen molar-refractivity contribution in [3.8, 4) is 5.75 Å². The van der Waals surface area contributed by atoms with E-state index in [1.165, 1.54) is 12.1 Å². The van der Waals surface area contributed by atoms with Crippen molar-refractivity contribution >= 4 is 16.8 Å². The van der Waals surface area contributed by atoms with Crippen LogP contribution in [0.3, 0.4) is 0 Å². The van der Waals surface area contributed by atoms with E-state index in [9.17, 15) is 9.18 Å². The molecule has 7 heteroatoms. The standard InChI is InChI=1S/C23H27FN4O2/c1-14-10-21(30-3)18(16-6-7-26-22(14)16)12-28-9-8-27(2)13-20(28)15-4-5-17(23(25)29)19(24)11-15/h4-7,10-11,20,26H,8-9,12-13H2,1-3H3,(H2,25,29). The molecule has 1 fully saturated rings. The van der Waals surface area contributed by atoms with Gasteiger partial charge in [-0.1, -0.05) is 6.07 Å². The summed E-state index contributed by atoms with van der Waals surface area (Å²) in [5.41, 5.74) is 9.37. The van der Waals surface area contributed by atoms with E-state index in [1.54, 1.807) is 13.2 Å². The minimum atomic E-state index is -0.754. The minimum absolute atomic E-state index is 0.0137. The molecular formula is C23H27FN4O2. The highest BCUT2D eigenvalue weighted by molar-refractivity contribution is 5.93. The average molecular weight is 410 g/mol. The molecule has 1 aliphatic rings. The molecule has 0 spiro atoms. The number of H-pyrrole nitrogens is 1. The highest BCUT2D eigenvalue weighted by Gasteiger charge is 2.29. The maximum Gasteiger partial charge on any atom is 0.251 e. The molecule has 1 saturated heterocycles. The Morgan fingerprint density at radius 1 is 1.30 bits per heavy atom. The number of fused-ring (bicyclic) bond motifs is 1. The van der Waals surface area contributed by atoms with E-state index in [4.69, 9.17) is 10.5 Å². The lowest BCUT2D eigenvalue weighted by molar-refractivity contribution is 0.0828. The van der Waals surface area contributed by atoms with Gasteiger partial charge in [-0.15, -0.1) is 0 Å². The molecule has 3 N–H and O–H groups in total. The van der Waals surface area contributed by atoms with Crippen molar-refractivity contribution in [3.05, 3.63) is 64.6 Å². The number of ether oxygens (including phenoxy) is 1. The topological polar surface area (TPSA) is 74.6 Å². The number of carbonyl (C=O) groups excluding carboxylic acids is 1.